The Hall–Kier alpha value is -1.43. The van der Waals surface area contributed by atoms with E-state index in [0.29, 0.717) is 0 Å². The highest BCUT2D eigenvalue weighted by atomic mass is 16.4. The Balaban J connectivity index is 4.02. The first-order valence-electron chi connectivity index (χ1n) is 3.61. The summed E-state index contributed by atoms with van der Waals surface area (Å²) in [6.07, 6.45) is -0.539. The number of hydrogen-bond acceptors (Lipinski definition) is 4. The van der Waals surface area contributed by atoms with Crippen LogP contribution >= 0.6 is 0 Å². The smallest absolute Gasteiger partial charge is 0.321 e. The summed E-state index contributed by atoms with van der Waals surface area (Å²) in [6, 6.07) is -1.21. The van der Waals surface area contributed by atoms with Crippen LogP contribution in [0.15, 0.2) is 0 Å². The van der Waals surface area contributed by atoms with E-state index in [-0.39, 0.29) is 12.3 Å². The summed E-state index contributed by atoms with van der Waals surface area (Å²) in [5, 5.41) is 19.1. The molecule has 0 rings (SSSR count). The highest BCUT2D eigenvalue weighted by Gasteiger charge is 2.20. The van der Waals surface area contributed by atoms with E-state index in [2.05, 4.69) is 5.32 Å². The highest BCUT2D eigenvalue weighted by molar-refractivity contribution is 5.82. The number of carboxylic acid groups (broad SMARTS) is 2. The van der Waals surface area contributed by atoms with Crippen molar-refractivity contribution < 1.29 is 24.6 Å². The molecule has 3 N–H and O–H groups in total. The molecule has 0 aliphatic heterocycles. The number of rotatable bonds is 6. The number of carboxylic acids is 2. The van der Waals surface area contributed by atoms with Gasteiger partial charge < -0.3 is 10.2 Å². The zero-order valence-electron chi connectivity index (χ0n) is 7.11. The van der Waals surface area contributed by atoms with Gasteiger partial charge in [-0.15, -0.1) is 0 Å². The molecule has 0 amide bonds. The maximum atomic E-state index is 10.5. The van der Waals surface area contributed by atoms with E-state index in [1.165, 1.54) is 6.92 Å². The second-order valence-electron chi connectivity index (χ2n) is 2.57. The Kier molecular flexibility index (Phi) is 4.68. The average molecular weight is 189 g/mol. The summed E-state index contributed by atoms with van der Waals surface area (Å²) in [5.74, 6) is -2.73. The Morgan fingerprint density at radius 1 is 1.31 bits per heavy atom. The van der Waals surface area contributed by atoms with Crippen LogP contribution in [0, 0.1) is 0 Å². The van der Waals surface area contributed by atoms with Crippen LogP contribution in [0.1, 0.15) is 13.3 Å². The topological polar surface area (TPSA) is 104 Å². The lowest BCUT2D eigenvalue weighted by Gasteiger charge is -2.09. The van der Waals surface area contributed by atoms with E-state index in [1.54, 1.807) is 0 Å². The number of aliphatic carboxylic acids is 2. The molecule has 0 bridgehead atoms. The van der Waals surface area contributed by atoms with Crippen LogP contribution in [0.3, 0.4) is 0 Å². The van der Waals surface area contributed by atoms with Gasteiger partial charge in [-0.1, -0.05) is 0 Å². The molecule has 6 heteroatoms. The Bertz CT molecular complexity index is 225. The molecule has 74 valence electrons. The predicted molar refractivity (Wildman–Crippen MR) is 42.4 cm³/mol. The van der Waals surface area contributed by atoms with Crippen molar-refractivity contribution in [1.29, 1.82) is 0 Å². The van der Waals surface area contributed by atoms with Crippen LogP contribution < -0.4 is 5.32 Å². The van der Waals surface area contributed by atoms with Gasteiger partial charge in [-0.2, -0.15) is 0 Å². The lowest BCUT2D eigenvalue weighted by atomic mass is 10.2. The first kappa shape index (κ1) is 11.6. The minimum absolute atomic E-state index is 0.135. The van der Waals surface area contributed by atoms with Crippen molar-refractivity contribution in [1.82, 2.24) is 5.32 Å². The van der Waals surface area contributed by atoms with Gasteiger partial charge in [0.2, 0.25) is 0 Å². The molecule has 0 heterocycles. The van der Waals surface area contributed by atoms with Crippen molar-refractivity contribution in [3.63, 3.8) is 0 Å². The molecule has 0 aliphatic carbocycles. The standard InChI is InChI=1S/C7H11NO5/c1-4(9)3-8-5(7(12)13)2-6(10)11/h5,8H,2-3H2,1H3,(H,10,11)(H,12,13)/t5-/m0/s1. The molecule has 0 radical (unpaired) electrons. The molecule has 0 aromatic rings. The molecule has 13 heavy (non-hydrogen) atoms. The van der Waals surface area contributed by atoms with Gasteiger partial charge in [-0.25, -0.2) is 0 Å². The predicted octanol–water partition coefficient (Wildman–Crippen LogP) is -0.907. The van der Waals surface area contributed by atoms with Gasteiger partial charge >= 0.3 is 11.9 Å². The third-order valence-corrected chi connectivity index (χ3v) is 1.27. The lowest BCUT2D eigenvalue weighted by molar-refractivity contribution is -0.146. The summed E-state index contributed by atoms with van der Waals surface area (Å²) in [4.78, 5) is 31.0. The molecule has 0 aromatic carbocycles. The van der Waals surface area contributed by atoms with E-state index < -0.39 is 24.4 Å². The number of carbonyl (C=O) groups is 3. The fourth-order valence-corrected chi connectivity index (χ4v) is 0.688. The van der Waals surface area contributed by atoms with Gasteiger partial charge in [0.1, 0.15) is 11.8 Å². The second kappa shape index (κ2) is 5.26. The van der Waals surface area contributed by atoms with Crippen molar-refractivity contribution in [2.45, 2.75) is 19.4 Å². The first-order chi connectivity index (χ1) is 5.93. The lowest BCUT2D eigenvalue weighted by Crippen LogP contribution is -2.40. The summed E-state index contributed by atoms with van der Waals surface area (Å²) in [6.45, 7) is 1.15. The van der Waals surface area contributed by atoms with Gasteiger partial charge in [-0.3, -0.25) is 19.7 Å². The van der Waals surface area contributed by atoms with Crippen LogP contribution in [0.25, 0.3) is 0 Å². The van der Waals surface area contributed by atoms with Gasteiger partial charge in [0.15, 0.2) is 0 Å². The number of Topliss-reactive ketones (excluding diaryl/α,β-unsaturated/α-hetero) is 1. The van der Waals surface area contributed by atoms with Crippen molar-refractivity contribution >= 4 is 17.7 Å². The van der Waals surface area contributed by atoms with Gasteiger partial charge in [0.25, 0.3) is 0 Å². The molecule has 6 nitrogen and oxygen atoms in total. The van der Waals surface area contributed by atoms with E-state index in [0.717, 1.165) is 0 Å². The molecule has 0 aliphatic rings. The van der Waals surface area contributed by atoms with Crippen molar-refractivity contribution in [3.8, 4) is 0 Å². The molecule has 0 saturated carbocycles. The van der Waals surface area contributed by atoms with Gasteiger partial charge in [-0.05, 0) is 6.92 Å². The van der Waals surface area contributed by atoms with Crippen molar-refractivity contribution in [2.24, 2.45) is 0 Å². The Labute approximate surface area is 74.6 Å². The van der Waals surface area contributed by atoms with Crippen LogP contribution in [-0.4, -0.2) is 40.5 Å². The third-order valence-electron chi connectivity index (χ3n) is 1.27. The first-order valence-corrected chi connectivity index (χ1v) is 3.61. The summed E-state index contributed by atoms with van der Waals surface area (Å²) in [7, 11) is 0. The number of ketones is 1. The van der Waals surface area contributed by atoms with Gasteiger partial charge in [0.05, 0.1) is 13.0 Å². The fraction of sp³-hybridized carbons (Fsp3) is 0.571. The fourth-order valence-electron chi connectivity index (χ4n) is 0.688. The van der Waals surface area contributed by atoms with E-state index in [1.807, 2.05) is 0 Å². The van der Waals surface area contributed by atoms with Crippen LogP contribution in [0.2, 0.25) is 0 Å². The van der Waals surface area contributed by atoms with Crippen LogP contribution in [-0.2, 0) is 14.4 Å². The Morgan fingerprint density at radius 2 is 1.85 bits per heavy atom. The molecule has 0 spiro atoms. The molecule has 0 aromatic heterocycles. The van der Waals surface area contributed by atoms with E-state index in [4.69, 9.17) is 10.2 Å². The van der Waals surface area contributed by atoms with E-state index in [9.17, 15) is 14.4 Å². The molecule has 0 fully saturated rings. The zero-order valence-corrected chi connectivity index (χ0v) is 7.11. The molecular formula is C7H11NO5. The van der Waals surface area contributed by atoms with Crippen LogP contribution in [0.4, 0.5) is 0 Å². The van der Waals surface area contributed by atoms with Gasteiger partial charge in [0, 0.05) is 0 Å². The highest BCUT2D eigenvalue weighted by Crippen LogP contribution is 1.91. The summed E-state index contributed by atoms with van der Waals surface area (Å²) in [5.41, 5.74) is 0. The van der Waals surface area contributed by atoms with Crippen LogP contribution in [0.5, 0.6) is 0 Å². The van der Waals surface area contributed by atoms with Crippen molar-refractivity contribution in [2.75, 3.05) is 6.54 Å². The van der Waals surface area contributed by atoms with E-state index >= 15 is 0 Å². The summed E-state index contributed by atoms with van der Waals surface area (Å²) >= 11 is 0. The number of nitrogens with one attached hydrogen (secondary N) is 1. The minimum Gasteiger partial charge on any atom is -0.481 e. The monoisotopic (exact) mass is 189 g/mol. The maximum absolute atomic E-state index is 10.5. The molecule has 0 saturated heterocycles. The minimum atomic E-state index is -1.27. The third kappa shape index (κ3) is 5.80. The molecule has 0 unspecified atom stereocenters. The quantitative estimate of drug-likeness (QED) is 0.500. The second-order valence-corrected chi connectivity index (χ2v) is 2.57. The van der Waals surface area contributed by atoms with Crippen molar-refractivity contribution in [3.05, 3.63) is 0 Å². The SMILES string of the molecule is CC(=O)CN[C@@H](CC(=O)O)C(=O)O. The maximum Gasteiger partial charge on any atom is 0.321 e. The molecular weight excluding hydrogens is 178 g/mol. The number of carbonyl (C=O) groups excluding carboxylic acids is 1. The zero-order chi connectivity index (χ0) is 10.4. The largest absolute Gasteiger partial charge is 0.481 e. The number of hydrogen-bond donors (Lipinski definition) is 3. The Morgan fingerprint density at radius 3 is 2.15 bits per heavy atom. The average Bonchev–Trinajstić information content (AvgIpc) is 1.96. The normalized spacial score (nSPS) is 12.1. The molecule has 1 atom stereocenters. The summed E-state index contributed by atoms with van der Waals surface area (Å²) < 4.78 is 0.